The highest BCUT2D eigenvalue weighted by Crippen LogP contribution is 2.26. The normalized spacial score (nSPS) is 44.7. The molecule has 0 unspecified atom stereocenters. The molecule has 1 N–H and O–H groups in total. The minimum Gasteiger partial charge on any atom is -0.392 e. The summed E-state index contributed by atoms with van der Waals surface area (Å²) in [5, 5.41) is 9.36. The van der Waals surface area contributed by atoms with Crippen molar-refractivity contribution in [2.24, 2.45) is 5.92 Å². The molecule has 3 saturated heterocycles. The molecule has 3 aliphatic heterocycles. The average molecular weight is 138 g/mol. The van der Waals surface area contributed by atoms with E-state index in [0.717, 1.165) is 6.54 Å². The molecule has 0 saturated carbocycles. The topological polar surface area (TPSA) is 23.5 Å². The molecule has 10 heavy (non-hydrogen) atoms. The lowest BCUT2D eigenvalue weighted by Crippen LogP contribution is -2.50. The molecular weight excluding hydrogens is 125 g/mol. The van der Waals surface area contributed by atoms with Crippen molar-refractivity contribution in [3.63, 3.8) is 0 Å². The second-order valence-corrected chi connectivity index (χ2v) is 3.21. The number of nitrogens with zero attached hydrogens (tertiary/aromatic N) is 1. The minimum atomic E-state index is -0.00694. The van der Waals surface area contributed by atoms with Gasteiger partial charge in [0.05, 0.1) is 6.10 Å². The molecule has 3 radical (unpaired) electrons. The van der Waals surface area contributed by atoms with E-state index in [1.807, 2.05) is 0 Å². The molecule has 0 spiro atoms. The number of hydrogen-bond donors (Lipinski definition) is 1. The molecule has 3 heteroatoms. The summed E-state index contributed by atoms with van der Waals surface area (Å²) in [6, 6.07) is 0. The maximum atomic E-state index is 9.36. The molecule has 55 valence electrons. The van der Waals surface area contributed by atoms with Crippen LogP contribution in [0.15, 0.2) is 0 Å². The van der Waals surface area contributed by atoms with Crippen molar-refractivity contribution < 1.29 is 5.11 Å². The molecular formula is C7H13BNO. The van der Waals surface area contributed by atoms with Gasteiger partial charge in [-0.05, 0) is 31.8 Å². The van der Waals surface area contributed by atoms with Crippen molar-refractivity contribution in [1.29, 1.82) is 0 Å². The van der Waals surface area contributed by atoms with Crippen molar-refractivity contribution in [2.75, 3.05) is 19.6 Å². The van der Waals surface area contributed by atoms with Crippen LogP contribution in [0.2, 0.25) is 0 Å². The van der Waals surface area contributed by atoms with Gasteiger partial charge in [0.15, 0.2) is 0 Å². The van der Waals surface area contributed by atoms with Gasteiger partial charge in [0.2, 0.25) is 0 Å². The summed E-state index contributed by atoms with van der Waals surface area (Å²) in [7, 11) is 0. The number of fused-ring (bicyclic) bond motifs is 3. The Labute approximate surface area is 63.8 Å². The Balaban J connectivity index is 0.000000500. The lowest BCUT2D eigenvalue weighted by molar-refractivity contribution is -0.0227. The zero-order valence-corrected chi connectivity index (χ0v) is 6.16. The second-order valence-electron chi connectivity index (χ2n) is 3.21. The van der Waals surface area contributed by atoms with Gasteiger partial charge in [-0.25, -0.2) is 0 Å². The summed E-state index contributed by atoms with van der Waals surface area (Å²) in [6.07, 6.45) is 2.44. The van der Waals surface area contributed by atoms with Crippen LogP contribution >= 0.6 is 0 Å². The fourth-order valence-corrected chi connectivity index (χ4v) is 1.93. The highest BCUT2D eigenvalue weighted by Gasteiger charge is 2.32. The van der Waals surface area contributed by atoms with Gasteiger partial charge >= 0.3 is 0 Å². The predicted molar refractivity (Wildman–Crippen MR) is 40.9 cm³/mol. The van der Waals surface area contributed by atoms with E-state index in [0.29, 0.717) is 5.92 Å². The van der Waals surface area contributed by atoms with Gasteiger partial charge in [-0.2, -0.15) is 0 Å². The van der Waals surface area contributed by atoms with Crippen molar-refractivity contribution in [3.05, 3.63) is 0 Å². The molecule has 0 amide bonds. The third-order valence-corrected chi connectivity index (χ3v) is 2.62. The van der Waals surface area contributed by atoms with Crippen LogP contribution in [0, 0.1) is 5.92 Å². The summed E-state index contributed by atoms with van der Waals surface area (Å²) < 4.78 is 0. The summed E-state index contributed by atoms with van der Waals surface area (Å²) >= 11 is 0. The Morgan fingerprint density at radius 2 is 1.80 bits per heavy atom. The molecule has 0 aromatic heterocycles. The Morgan fingerprint density at radius 3 is 2.00 bits per heavy atom. The van der Waals surface area contributed by atoms with Crippen LogP contribution in [0.25, 0.3) is 0 Å². The molecule has 2 nitrogen and oxygen atoms in total. The molecule has 2 bridgehead atoms. The maximum Gasteiger partial charge on any atom is 0.0696 e. The number of aliphatic hydroxyl groups is 1. The first-order valence-corrected chi connectivity index (χ1v) is 3.76. The molecule has 0 aliphatic carbocycles. The Kier molecular flexibility index (Phi) is 2.37. The van der Waals surface area contributed by atoms with Crippen molar-refractivity contribution >= 4 is 8.41 Å². The fourth-order valence-electron chi connectivity index (χ4n) is 1.93. The molecule has 0 aromatic carbocycles. The summed E-state index contributed by atoms with van der Waals surface area (Å²) in [6.45, 7) is 3.38. The van der Waals surface area contributed by atoms with Crippen LogP contribution in [-0.2, 0) is 0 Å². The summed E-state index contributed by atoms with van der Waals surface area (Å²) in [5.74, 6) is 0.634. The minimum absolute atomic E-state index is 0. The smallest absolute Gasteiger partial charge is 0.0696 e. The lowest BCUT2D eigenvalue weighted by atomic mass is 9.86. The van der Waals surface area contributed by atoms with Gasteiger partial charge in [0.25, 0.3) is 0 Å². The molecule has 3 rings (SSSR count). The van der Waals surface area contributed by atoms with Crippen LogP contribution in [0.5, 0.6) is 0 Å². The van der Waals surface area contributed by atoms with Gasteiger partial charge in [0.1, 0.15) is 0 Å². The van der Waals surface area contributed by atoms with Crippen LogP contribution in [0.1, 0.15) is 12.8 Å². The first-order chi connectivity index (χ1) is 4.36. The van der Waals surface area contributed by atoms with Gasteiger partial charge in [-0.1, -0.05) is 0 Å². The highest BCUT2D eigenvalue weighted by molar-refractivity contribution is 5.75. The fraction of sp³-hybridized carbons (Fsp3) is 1.00. The first kappa shape index (κ1) is 8.09. The Bertz CT molecular complexity index is 112. The number of piperidine rings is 3. The quantitative estimate of drug-likeness (QED) is 0.464. The summed E-state index contributed by atoms with van der Waals surface area (Å²) in [5.41, 5.74) is 0. The van der Waals surface area contributed by atoms with Crippen LogP contribution < -0.4 is 0 Å². The van der Waals surface area contributed by atoms with Gasteiger partial charge < -0.3 is 10.0 Å². The summed E-state index contributed by atoms with van der Waals surface area (Å²) in [4.78, 5) is 2.35. The largest absolute Gasteiger partial charge is 0.392 e. The maximum absolute atomic E-state index is 9.36. The van der Waals surface area contributed by atoms with Crippen LogP contribution in [0.3, 0.4) is 0 Å². The number of aliphatic hydroxyl groups excluding tert-OH is 1. The van der Waals surface area contributed by atoms with E-state index in [1.54, 1.807) is 0 Å². The highest BCUT2D eigenvalue weighted by atomic mass is 16.3. The van der Waals surface area contributed by atoms with E-state index >= 15 is 0 Å². The predicted octanol–water partition coefficient (Wildman–Crippen LogP) is -0.308. The Morgan fingerprint density at radius 1 is 1.20 bits per heavy atom. The third-order valence-electron chi connectivity index (χ3n) is 2.62. The van der Waals surface area contributed by atoms with Crippen LogP contribution in [0.4, 0.5) is 0 Å². The average Bonchev–Trinajstić information content (AvgIpc) is 1.90. The SMILES string of the molecule is O[C@H]1CN2CCC1CC2.[B]. The molecule has 1 atom stereocenters. The second kappa shape index (κ2) is 2.93. The molecule has 0 aromatic rings. The third kappa shape index (κ3) is 1.20. The van der Waals surface area contributed by atoms with E-state index in [1.165, 1.54) is 25.9 Å². The van der Waals surface area contributed by atoms with Crippen molar-refractivity contribution in [1.82, 2.24) is 4.90 Å². The van der Waals surface area contributed by atoms with Crippen molar-refractivity contribution in [3.8, 4) is 0 Å². The molecule has 3 fully saturated rings. The zero-order valence-electron chi connectivity index (χ0n) is 6.16. The molecule has 3 aliphatic rings. The Hall–Kier alpha value is -0.0151. The monoisotopic (exact) mass is 138 g/mol. The van der Waals surface area contributed by atoms with Gasteiger partial charge in [0, 0.05) is 15.0 Å². The van der Waals surface area contributed by atoms with Crippen LogP contribution in [-0.4, -0.2) is 44.2 Å². The van der Waals surface area contributed by atoms with E-state index < -0.39 is 0 Å². The van der Waals surface area contributed by atoms with E-state index in [4.69, 9.17) is 0 Å². The van der Waals surface area contributed by atoms with E-state index in [-0.39, 0.29) is 14.5 Å². The first-order valence-electron chi connectivity index (χ1n) is 3.76. The van der Waals surface area contributed by atoms with Gasteiger partial charge in [-0.15, -0.1) is 0 Å². The number of hydrogen-bond acceptors (Lipinski definition) is 2. The van der Waals surface area contributed by atoms with Gasteiger partial charge in [-0.3, -0.25) is 0 Å². The van der Waals surface area contributed by atoms with E-state index in [2.05, 4.69) is 4.90 Å². The number of rotatable bonds is 0. The standard InChI is InChI=1S/C7H13NO.B/c9-7-5-8-3-1-6(7)2-4-8;/h6-7,9H,1-5H2;/t7-;/m0./s1. The molecule has 3 heterocycles. The lowest BCUT2D eigenvalue weighted by Gasteiger charge is -2.42. The van der Waals surface area contributed by atoms with E-state index in [9.17, 15) is 5.11 Å². The zero-order chi connectivity index (χ0) is 6.27. The van der Waals surface area contributed by atoms with Crippen molar-refractivity contribution in [2.45, 2.75) is 18.9 Å².